The fourth-order valence-corrected chi connectivity index (χ4v) is 4.20. The maximum atomic E-state index is 15.0. The Morgan fingerprint density at radius 2 is 1.38 bits per heavy atom. The zero-order chi connectivity index (χ0) is 24.5. The molecule has 0 heterocycles. The molecular formula is C27H22F6O. The van der Waals surface area contributed by atoms with Crippen LogP contribution < -0.4 is 4.74 Å². The van der Waals surface area contributed by atoms with Crippen LogP contribution in [0, 0.1) is 17.5 Å². The first-order chi connectivity index (χ1) is 16.2. The highest BCUT2D eigenvalue weighted by molar-refractivity contribution is 6.08. The van der Waals surface area contributed by atoms with E-state index in [4.69, 9.17) is 0 Å². The lowest BCUT2D eigenvalue weighted by molar-refractivity contribution is -0.276. The Hall–Kier alpha value is -3.22. The van der Waals surface area contributed by atoms with Gasteiger partial charge in [0.1, 0.15) is 5.82 Å². The second kappa shape index (κ2) is 9.57. The number of ether oxygens (including phenoxy) is 1. The van der Waals surface area contributed by atoms with Crippen LogP contribution in [-0.2, 0) is 6.42 Å². The molecule has 0 bridgehead atoms. The normalized spacial score (nSPS) is 12.0. The summed E-state index contributed by atoms with van der Waals surface area (Å²) in [6.07, 6.45) is 0.351. The Labute approximate surface area is 193 Å². The van der Waals surface area contributed by atoms with E-state index in [1.807, 2.05) is 18.2 Å². The van der Waals surface area contributed by atoms with Crippen LogP contribution in [0.4, 0.5) is 26.3 Å². The molecule has 0 saturated heterocycles. The molecule has 0 radical (unpaired) electrons. The molecule has 0 fully saturated rings. The Morgan fingerprint density at radius 3 is 2.03 bits per heavy atom. The van der Waals surface area contributed by atoms with E-state index in [9.17, 15) is 22.0 Å². The number of halogens is 6. The van der Waals surface area contributed by atoms with Crippen molar-refractivity contribution < 1.29 is 31.1 Å². The smallest absolute Gasteiger partial charge is 0.399 e. The van der Waals surface area contributed by atoms with E-state index in [0.717, 1.165) is 23.6 Å². The molecule has 0 aliphatic carbocycles. The van der Waals surface area contributed by atoms with Crippen LogP contribution in [0.2, 0.25) is 0 Å². The standard InChI is InChI=1S/C27H22F6O/c1-2-3-4-5-6-16-7-10-20-17(11-16)8-9-18-12-22(23(28)15-21(18)20)19-13-24(29)26(25(30)14-19)34-27(31,32)33/h7-15H,2-6H2,1H3. The van der Waals surface area contributed by atoms with E-state index in [1.54, 1.807) is 6.07 Å². The van der Waals surface area contributed by atoms with Crippen molar-refractivity contribution in [1.29, 1.82) is 0 Å². The van der Waals surface area contributed by atoms with Gasteiger partial charge in [0.2, 0.25) is 5.75 Å². The molecule has 1 nitrogen and oxygen atoms in total. The summed E-state index contributed by atoms with van der Waals surface area (Å²) >= 11 is 0. The first-order valence-electron chi connectivity index (χ1n) is 11.1. The van der Waals surface area contributed by atoms with Crippen molar-refractivity contribution in [3.05, 3.63) is 77.6 Å². The average molecular weight is 476 g/mol. The maximum absolute atomic E-state index is 15.0. The van der Waals surface area contributed by atoms with Crippen LogP contribution >= 0.6 is 0 Å². The topological polar surface area (TPSA) is 9.23 Å². The first-order valence-corrected chi connectivity index (χ1v) is 11.1. The molecule has 0 aliphatic rings. The molecule has 0 atom stereocenters. The van der Waals surface area contributed by atoms with Gasteiger partial charge < -0.3 is 4.74 Å². The minimum Gasteiger partial charge on any atom is -0.399 e. The molecule has 7 heteroatoms. The van der Waals surface area contributed by atoms with Gasteiger partial charge in [0.05, 0.1) is 0 Å². The molecule has 0 N–H and O–H groups in total. The number of hydrogen-bond donors (Lipinski definition) is 0. The van der Waals surface area contributed by atoms with E-state index in [-0.39, 0.29) is 11.1 Å². The monoisotopic (exact) mass is 476 g/mol. The molecule has 0 saturated carbocycles. The third kappa shape index (κ3) is 5.13. The van der Waals surface area contributed by atoms with Gasteiger partial charge in [0.25, 0.3) is 0 Å². The highest BCUT2D eigenvalue weighted by Gasteiger charge is 2.34. The molecule has 0 spiro atoms. The van der Waals surface area contributed by atoms with Gasteiger partial charge in [-0.3, -0.25) is 0 Å². The second-order valence-electron chi connectivity index (χ2n) is 8.30. The van der Waals surface area contributed by atoms with E-state index >= 15 is 4.39 Å². The lowest BCUT2D eigenvalue weighted by Crippen LogP contribution is -2.19. The van der Waals surface area contributed by atoms with Gasteiger partial charge in [0.15, 0.2) is 11.6 Å². The summed E-state index contributed by atoms with van der Waals surface area (Å²) in [6, 6.07) is 13.7. The summed E-state index contributed by atoms with van der Waals surface area (Å²) in [5.41, 5.74) is 0.842. The Bertz CT molecular complexity index is 1320. The summed E-state index contributed by atoms with van der Waals surface area (Å²) in [4.78, 5) is 0. The molecule has 34 heavy (non-hydrogen) atoms. The Balaban J connectivity index is 1.70. The summed E-state index contributed by atoms with van der Waals surface area (Å²) in [5, 5.41) is 3.07. The molecule has 0 unspecified atom stereocenters. The predicted octanol–water partition coefficient (Wildman–Crippen LogP) is 9.10. The van der Waals surface area contributed by atoms with Crippen LogP contribution in [0.5, 0.6) is 5.75 Å². The van der Waals surface area contributed by atoms with Gasteiger partial charge in [-0.1, -0.05) is 56.5 Å². The number of unbranched alkanes of at least 4 members (excludes halogenated alkanes) is 3. The average Bonchev–Trinajstić information content (AvgIpc) is 2.78. The molecule has 0 aromatic heterocycles. The van der Waals surface area contributed by atoms with E-state index in [1.165, 1.54) is 37.0 Å². The van der Waals surface area contributed by atoms with Crippen LogP contribution in [0.15, 0.2) is 54.6 Å². The summed E-state index contributed by atoms with van der Waals surface area (Å²) in [5.74, 6) is -5.46. The molecule has 0 aliphatic heterocycles. The van der Waals surface area contributed by atoms with Crippen molar-refractivity contribution in [1.82, 2.24) is 0 Å². The number of aryl methyl sites for hydroxylation is 1. The lowest BCUT2D eigenvalue weighted by atomic mass is 9.95. The minimum absolute atomic E-state index is 0.129. The van der Waals surface area contributed by atoms with E-state index in [0.29, 0.717) is 22.9 Å². The van der Waals surface area contributed by atoms with Crippen molar-refractivity contribution in [3.63, 3.8) is 0 Å². The lowest BCUT2D eigenvalue weighted by Gasteiger charge is -2.13. The molecule has 0 amide bonds. The third-order valence-corrected chi connectivity index (χ3v) is 5.83. The zero-order valence-corrected chi connectivity index (χ0v) is 18.4. The number of alkyl halides is 3. The van der Waals surface area contributed by atoms with Gasteiger partial charge in [-0.2, -0.15) is 0 Å². The minimum atomic E-state index is -5.26. The van der Waals surface area contributed by atoms with Gasteiger partial charge in [-0.25, -0.2) is 13.2 Å². The molecule has 4 rings (SSSR count). The number of benzene rings is 4. The molecule has 4 aromatic rings. The molecular weight excluding hydrogens is 454 g/mol. The van der Waals surface area contributed by atoms with Gasteiger partial charge in [-0.15, -0.1) is 13.2 Å². The fraction of sp³-hybridized carbons (Fsp3) is 0.259. The predicted molar refractivity (Wildman–Crippen MR) is 121 cm³/mol. The second-order valence-corrected chi connectivity index (χ2v) is 8.30. The largest absolute Gasteiger partial charge is 0.573 e. The maximum Gasteiger partial charge on any atom is 0.573 e. The third-order valence-electron chi connectivity index (χ3n) is 5.83. The Kier molecular flexibility index (Phi) is 6.73. The molecule has 178 valence electrons. The SMILES string of the molecule is CCCCCCc1ccc2c(ccc3cc(-c4cc(F)c(OC(F)(F)F)c(F)c4)c(F)cc32)c1. The van der Waals surface area contributed by atoms with Gasteiger partial charge in [0, 0.05) is 5.56 Å². The Morgan fingerprint density at radius 1 is 0.706 bits per heavy atom. The zero-order valence-electron chi connectivity index (χ0n) is 18.4. The number of hydrogen-bond acceptors (Lipinski definition) is 1. The highest BCUT2D eigenvalue weighted by atomic mass is 19.4. The summed E-state index contributed by atoms with van der Waals surface area (Å²) in [6.45, 7) is 2.16. The quantitative estimate of drug-likeness (QED) is 0.147. The van der Waals surface area contributed by atoms with E-state index in [2.05, 4.69) is 17.7 Å². The number of rotatable bonds is 7. The first kappa shape index (κ1) is 23.9. The molecule has 4 aromatic carbocycles. The van der Waals surface area contributed by atoms with Crippen LogP contribution in [-0.4, -0.2) is 6.36 Å². The van der Waals surface area contributed by atoms with Gasteiger partial charge >= 0.3 is 6.36 Å². The van der Waals surface area contributed by atoms with Crippen LogP contribution in [0.3, 0.4) is 0 Å². The number of fused-ring (bicyclic) bond motifs is 3. The summed E-state index contributed by atoms with van der Waals surface area (Å²) in [7, 11) is 0. The van der Waals surface area contributed by atoms with Crippen molar-refractivity contribution in [2.45, 2.75) is 45.4 Å². The van der Waals surface area contributed by atoms with Crippen LogP contribution in [0.1, 0.15) is 38.2 Å². The van der Waals surface area contributed by atoms with Crippen molar-refractivity contribution in [2.75, 3.05) is 0 Å². The van der Waals surface area contributed by atoms with Gasteiger partial charge in [-0.05, 0) is 69.8 Å². The van der Waals surface area contributed by atoms with E-state index < -0.39 is 29.6 Å². The van der Waals surface area contributed by atoms with Crippen LogP contribution in [0.25, 0.3) is 32.7 Å². The highest BCUT2D eigenvalue weighted by Crippen LogP contribution is 2.36. The van der Waals surface area contributed by atoms with Crippen molar-refractivity contribution >= 4 is 21.5 Å². The van der Waals surface area contributed by atoms with Crippen molar-refractivity contribution in [3.8, 4) is 16.9 Å². The van der Waals surface area contributed by atoms with Crippen molar-refractivity contribution in [2.24, 2.45) is 0 Å². The summed E-state index contributed by atoms with van der Waals surface area (Å²) < 4.78 is 83.9. The fourth-order valence-electron chi connectivity index (χ4n) is 4.20.